The van der Waals surface area contributed by atoms with Crippen molar-refractivity contribution in [2.45, 2.75) is 38.9 Å². The summed E-state index contributed by atoms with van der Waals surface area (Å²) < 4.78 is 1.88. The van der Waals surface area contributed by atoms with Crippen LogP contribution in [-0.2, 0) is 13.1 Å². The van der Waals surface area contributed by atoms with Crippen molar-refractivity contribution in [3.05, 3.63) is 18.0 Å². The predicted molar refractivity (Wildman–Crippen MR) is 74.8 cm³/mol. The molecule has 6 heteroatoms. The van der Waals surface area contributed by atoms with Crippen LogP contribution in [0, 0.1) is 0 Å². The van der Waals surface area contributed by atoms with Gasteiger partial charge in [0.15, 0.2) is 5.96 Å². The summed E-state index contributed by atoms with van der Waals surface area (Å²) in [6, 6.07) is 0.562. The van der Waals surface area contributed by atoms with Crippen molar-refractivity contribution in [3.63, 3.8) is 0 Å². The highest BCUT2D eigenvalue weighted by Gasteiger charge is 2.21. The smallest absolute Gasteiger partial charge is 0.189 e. The molecular weight excluding hydrogens is 317 g/mol. The van der Waals surface area contributed by atoms with Crippen molar-refractivity contribution in [2.24, 2.45) is 10.7 Å². The number of aryl methyl sites for hydroxylation is 1. The first-order valence-corrected chi connectivity index (χ1v) is 5.35. The molecule has 1 aliphatic rings. The second kappa shape index (κ2) is 6.07. The first-order valence-electron chi connectivity index (χ1n) is 5.35. The van der Waals surface area contributed by atoms with Gasteiger partial charge in [-0.25, -0.2) is 4.99 Å². The fraction of sp³-hybridized carbons (Fsp3) is 0.600. The largest absolute Gasteiger partial charge is 0.370 e. The lowest BCUT2D eigenvalue weighted by Crippen LogP contribution is -2.33. The number of nitrogens with two attached hydrogens (primary N) is 1. The van der Waals surface area contributed by atoms with Gasteiger partial charge in [0.05, 0.1) is 12.7 Å². The molecule has 0 spiro atoms. The van der Waals surface area contributed by atoms with E-state index in [0.29, 0.717) is 18.5 Å². The number of aromatic nitrogens is 2. The molecule has 0 aliphatic heterocycles. The topological polar surface area (TPSA) is 68.2 Å². The van der Waals surface area contributed by atoms with Gasteiger partial charge in [0, 0.05) is 24.3 Å². The molecule has 0 unspecified atom stereocenters. The molecule has 3 N–H and O–H groups in total. The highest BCUT2D eigenvalue weighted by atomic mass is 127. The fourth-order valence-electron chi connectivity index (χ4n) is 1.32. The van der Waals surface area contributed by atoms with Gasteiger partial charge in [0.2, 0.25) is 0 Å². The molecule has 1 heterocycles. The van der Waals surface area contributed by atoms with E-state index in [9.17, 15) is 0 Å². The van der Waals surface area contributed by atoms with Gasteiger partial charge in [-0.05, 0) is 19.8 Å². The third-order valence-electron chi connectivity index (χ3n) is 2.37. The van der Waals surface area contributed by atoms with Crippen molar-refractivity contribution >= 4 is 29.9 Å². The Kier molecular flexibility index (Phi) is 5.04. The Hall–Kier alpha value is -0.790. The molecule has 1 aromatic heterocycles. The molecule has 0 bridgehead atoms. The summed E-state index contributed by atoms with van der Waals surface area (Å²) in [6.07, 6.45) is 6.25. The lowest BCUT2D eigenvalue weighted by atomic mass is 10.4. The Morgan fingerprint density at radius 2 is 2.44 bits per heavy atom. The van der Waals surface area contributed by atoms with Crippen LogP contribution in [0.4, 0.5) is 0 Å². The molecule has 5 nitrogen and oxygen atoms in total. The van der Waals surface area contributed by atoms with E-state index in [2.05, 4.69) is 22.3 Å². The van der Waals surface area contributed by atoms with E-state index in [-0.39, 0.29) is 24.0 Å². The minimum Gasteiger partial charge on any atom is -0.370 e. The average molecular weight is 335 g/mol. The zero-order chi connectivity index (χ0) is 10.7. The molecule has 0 aromatic carbocycles. The molecule has 1 saturated carbocycles. The van der Waals surface area contributed by atoms with Crippen molar-refractivity contribution < 1.29 is 0 Å². The van der Waals surface area contributed by atoms with Crippen LogP contribution in [0.15, 0.2) is 17.4 Å². The summed E-state index contributed by atoms with van der Waals surface area (Å²) in [7, 11) is 0. The predicted octanol–water partition coefficient (Wildman–Crippen LogP) is 1.09. The molecule has 0 atom stereocenters. The zero-order valence-electron chi connectivity index (χ0n) is 9.39. The second-order valence-electron chi connectivity index (χ2n) is 3.82. The molecule has 90 valence electrons. The van der Waals surface area contributed by atoms with Crippen molar-refractivity contribution in [3.8, 4) is 0 Å². The summed E-state index contributed by atoms with van der Waals surface area (Å²) in [4.78, 5) is 4.25. The van der Waals surface area contributed by atoms with E-state index in [1.807, 2.05) is 17.1 Å². The lowest BCUT2D eigenvalue weighted by molar-refractivity contribution is 0.659. The monoisotopic (exact) mass is 335 g/mol. The minimum atomic E-state index is 0. The van der Waals surface area contributed by atoms with Crippen LogP contribution in [0.1, 0.15) is 25.3 Å². The first-order chi connectivity index (χ1) is 7.28. The number of nitrogens with zero attached hydrogens (tertiary/aromatic N) is 3. The van der Waals surface area contributed by atoms with Gasteiger partial charge in [-0.1, -0.05) is 0 Å². The molecule has 0 radical (unpaired) electrons. The zero-order valence-corrected chi connectivity index (χ0v) is 11.7. The summed E-state index contributed by atoms with van der Waals surface area (Å²) in [5.74, 6) is 0.543. The molecule has 1 aliphatic carbocycles. The number of rotatable bonds is 4. The standard InChI is InChI=1S/C10H17N5.HI/c1-2-15-7-8(6-13-15)5-12-10(11)14-9-3-4-9;/h6-7,9H,2-5H2,1H3,(H3,11,12,14);1H. The highest BCUT2D eigenvalue weighted by molar-refractivity contribution is 14.0. The van der Waals surface area contributed by atoms with E-state index < -0.39 is 0 Å². The van der Waals surface area contributed by atoms with Gasteiger partial charge in [-0.3, -0.25) is 4.68 Å². The van der Waals surface area contributed by atoms with Crippen LogP contribution in [0.25, 0.3) is 0 Å². The molecular formula is C10H18IN5. The fourth-order valence-corrected chi connectivity index (χ4v) is 1.32. The number of hydrogen-bond acceptors (Lipinski definition) is 2. The number of aliphatic imine (C=N–C) groups is 1. The maximum Gasteiger partial charge on any atom is 0.189 e. The van der Waals surface area contributed by atoms with Gasteiger partial charge >= 0.3 is 0 Å². The van der Waals surface area contributed by atoms with Gasteiger partial charge in [0.1, 0.15) is 0 Å². The molecule has 1 aromatic rings. The van der Waals surface area contributed by atoms with Crippen molar-refractivity contribution in [1.82, 2.24) is 15.1 Å². The van der Waals surface area contributed by atoms with Gasteiger partial charge < -0.3 is 11.1 Å². The number of guanidine groups is 1. The summed E-state index contributed by atoms with van der Waals surface area (Å²) in [6.45, 7) is 3.55. The van der Waals surface area contributed by atoms with Crippen LogP contribution >= 0.6 is 24.0 Å². The number of hydrogen-bond donors (Lipinski definition) is 2. The van der Waals surface area contributed by atoms with Crippen LogP contribution in [0.5, 0.6) is 0 Å². The van der Waals surface area contributed by atoms with Crippen LogP contribution in [0.2, 0.25) is 0 Å². The second-order valence-corrected chi connectivity index (χ2v) is 3.82. The molecule has 16 heavy (non-hydrogen) atoms. The molecule has 2 rings (SSSR count). The number of halogens is 1. The van der Waals surface area contributed by atoms with E-state index in [4.69, 9.17) is 5.73 Å². The van der Waals surface area contributed by atoms with Crippen molar-refractivity contribution in [1.29, 1.82) is 0 Å². The Morgan fingerprint density at radius 1 is 1.69 bits per heavy atom. The maximum atomic E-state index is 5.71. The minimum absolute atomic E-state index is 0. The lowest BCUT2D eigenvalue weighted by Gasteiger charge is -2.01. The van der Waals surface area contributed by atoms with E-state index in [0.717, 1.165) is 12.1 Å². The van der Waals surface area contributed by atoms with Gasteiger partial charge in [-0.15, -0.1) is 24.0 Å². The van der Waals surface area contributed by atoms with Crippen LogP contribution < -0.4 is 11.1 Å². The average Bonchev–Trinajstić information content (AvgIpc) is 2.92. The summed E-state index contributed by atoms with van der Waals surface area (Å²) >= 11 is 0. The quantitative estimate of drug-likeness (QED) is 0.492. The van der Waals surface area contributed by atoms with E-state index >= 15 is 0 Å². The Bertz CT molecular complexity index is 356. The van der Waals surface area contributed by atoms with E-state index in [1.54, 1.807) is 0 Å². The first kappa shape index (κ1) is 13.3. The van der Waals surface area contributed by atoms with Crippen molar-refractivity contribution in [2.75, 3.05) is 0 Å². The normalized spacial score (nSPS) is 15.7. The van der Waals surface area contributed by atoms with Gasteiger partial charge in [0.25, 0.3) is 0 Å². The molecule has 0 amide bonds. The Labute approximate surface area is 113 Å². The number of nitrogens with one attached hydrogen (secondary N) is 1. The van der Waals surface area contributed by atoms with Crippen LogP contribution in [-0.4, -0.2) is 21.8 Å². The summed E-state index contributed by atoms with van der Waals surface area (Å²) in [5.41, 5.74) is 6.81. The highest BCUT2D eigenvalue weighted by Crippen LogP contribution is 2.18. The van der Waals surface area contributed by atoms with Gasteiger partial charge in [-0.2, -0.15) is 5.10 Å². The Balaban J connectivity index is 0.00000128. The molecule has 1 fully saturated rings. The Morgan fingerprint density at radius 3 is 3.00 bits per heavy atom. The van der Waals surface area contributed by atoms with E-state index in [1.165, 1.54) is 12.8 Å². The maximum absolute atomic E-state index is 5.71. The third kappa shape index (κ3) is 3.99. The third-order valence-corrected chi connectivity index (χ3v) is 2.37. The SMILES string of the molecule is CCn1cc(CN=C(N)NC2CC2)cn1.I. The molecule has 0 saturated heterocycles. The van der Waals surface area contributed by atoms with Crippen LogP contribution in [0.3, 0.4) is 0 Å². The summed E-state index contributed by atoms with van der Waals surface area (Å²) in [5, 5.41) is 7.32.